The SMILES string of the molecule is CCOC(=O)c1[nH]c2ccc(Cl)cc2c1Sc1ccc(Cl)cc1. The molecular formula is C17H13Cl2NO2S. The minimum absolute atomic E-state index is 0.319. The highest BCUT2D eigenvalue weighted by Gasteiger charge is 2.20. The van der Waals surface area contributed by atoms with Crippen LogP contribution in [0, 0.1) is 0 Å². The number of H-pyrrole nitrogens is 1. The molecule has 1 N–H and O–H groups in total. The van der Waals surface area contributed by atoms with E-state index in [1.54, 1.807) is 13.0 Å². The quantitative estimate of drug-likeness (QED) is 0.593. The molecule has 0 bridgehead atoms. The van der Waals surface area contributed by atoms with Gasteiger partial charge in [0, 0.05) is 25.8 Å². The number of hydrogen-bond donors (Lipinski definition) is 1. The molecule has 23 heavy (non-hydrogen) atoms. The summed E-state index contributed by atoms with van der Waals surface area (Å²) in [5.74, 6) is -0.378. The average molecular weight is 366 g/mol. The maximum absolute atomic E-state index is 12.2. The van der Waals surface area contributed by atoms with E-state index in [1.165, 1.54) is 11.8 Å². The van der Waals surface area contributed by atoms with E-state index in [2.05, 4.69) is 4.98 Å². The fraction of sp³-hybridized carbons (Fsp3) is 0.118. The molecule has 1 aromatic heterocycles. The monoisotopic (exact) mass is 365 g/mol. The minimum Gasteiger partial charge on any atom is -0.461 e. The van der Waals surface area contributed by atoms with Gasteiger partial charge in [0.05, 0.1) is 11.5 Å². The standard InChI is InChI=1S/C17H13Cl2NO2S/c1-2-22-17(21)15-16(23-12-6-3-10(18)4-7-12)13-9-11(19)5-8-14(13)20-15/h3-9,20H,2H2,1H3. The van der Waals surface area contributed by atoms with Crippen LogP contribution >= 0.6 is 35.0 Å². The summed E-state index contributed by atoms with van der Waals surface area (Å²) in [6, 6.07) is 12.9. The first-order chi connectivity index (χ1) is 11.1. The van der Waals surface area contributed by atoms with Crippen LogP contribution in [0.15, 0.2) is 52.3 Å². The number of aromatic nitrogens is 1. The lowest BCUT2D eigenvalue weighted by molar-refractivity contribution is 0.0516. The molecule has 0 unspecified atom stereocenters. The lowest BCUT2D eigenvalue weighted by Crippen LogP contribution is -2.06. The van der Waals surface area contributed by atoms with Gasteiger partial charge in [-0.3, -0.25) is 0 Å². The smallest absolute Gasteiger partial charge is 0.355 e. The molecule has 0 aliphatic rings. The highest BCUT2D eigenvalue weighted by molar-refractivity contribution is 7.99. The summed E-state index contributed by atoms with van der Waals surface area (Å²) >= 11 is 13.5. The van der Waals surface area contributed by atoms with E-state index in [1.807, 2.05) is 36.4 Å². The third-order valence-electron chi connectivity index (χ3n) is 3.23. The summed E-state index contributed by atoms with van der Waals surface area (Å²) in [5, 5.41) is 2.17. The van der Waals surface area contributed by atoms with Gasteiger partial charge in [-0.2, -0.15) is 0 Å². The van der Waals surface area contributed by atoms with E-state index in [4.69, 9.17) is 27.9 Å². The van der Waals surface area contributed by atoms with E-state index in [9.17, 15) is 4.79 Å². The van der Waals surface area contributed by atoms with Gasteiger partial charge in [-0.15, -0.1) is 0 Å². The maximum atomic E-state index is 12.2. The van der Waals surface area contributed by atoms with Gasteiger partial charge in [-0.1, -0.05) is 35.0 Å². The van der Waals surface area contributed by atoms with Crippen LogP contribution in [0.5, 0.6) is 0 Å². The highest BCUT2D eigenvalue weighted by Crippen LogP contribution is 2.38. The molecule has 3 aromatic rings. The zero-order valence-electron chi connectivity index (χ0n) is 12.2. The second kappa shape index (κ2) is 6.87. The molecule has 0 fully saturated rings. The summed E-state index contributed by atoms with van der Waals surface area (Å²) in [7, 11) is 0. The van der Waals surface area contributed by atoms with Crippen molar-refractivity contribution in [2.75, 3.05) is 6.61 Å². The molecule has 2 aromatic carbocycles. The van der Waals surface area contributed by atoms with Gasteiger partial charge < -0.3 is 9.72 Å². The molecule has 0 saturated carbocycles. The Morgan fingerprint density at radius 1 is 1.13 bits per heavy atom. The predicted octanol–water partition coefficient (Wildman–Crippen LogP) is 5.80. The van der Waals surface area contributed by atoms with Crippen molar-refractivity contribution < 1.29 is 9.53 Å². The van der Waals surface area contributed by atoms with Crippen molar-refractivity contribution in [3.8, 4) is 0 Å². The van der Waals surface area contributed by atoms with Crippen molar-refractivity contribution in [2.24, 2.45) is 0 Å². The number of aromatic amines is 1. The van der Waals surface area contributed by atoms with E-state index >= 15 is 0 Å². The third kappa shape index (κ3) is 3.50. The Bertz CT molecular complexity index is 859. The van der Waals surface area contributed by atoms with Gasteiger partial charge in [-0.25, -0.2) is 4.79 Å². The van der Waals surface area contributed by atoms with Crippen LogP contribution in [0.2, 0.25) is 10.0 Å². The fourth-order valence-corrected chi connectivity index (χ4v) is 3.53. The van der Waals surface area contributed by atoms with Gasteiger partial charge in [0.25, 0.3) is 0 Å². The second-order valence-electron chi connectivity index (χ2n) is 4.80. The molecule has 0 saturated heterocycles. The number of esters is 1. The van der Waals surface area contributed by atoms with Crippen molar-refractivity contribution in [1.29, 1.82) is 0 Å². The third-order valence-corrected chi connectivity index (χ3v) is 4.85. The van der Waals surface area contributed by atoms with Crippen LogP contribution in [0.4, 0.5) is 0 Å². The molecular weight excluding hydrogens is 353 g/mol. The van der Waals surface area contributed by atoms with E-state index in [0.29, 0.717) is 22.3 Å². The Morgan fingerprint density at radius 3 is 2.52 bits per heavy atom. The molecule has 3 rings (SSSR count). The summed E-state index contributed by atoms with van der Waals surface area (Å²) < 4.78 is 5.15. The number of halogens is 2. The molecule has 0 atom stereocenters. The van der Waals surface area contributed by atoms with Crippen molar-refractivity contribution >= 4 is 51.8 Å². The average Bonchev–Trinajstić information content (AvgIpc) is 2.88. The van der Waals surface area contributed by atoms with Gasteiger partial charge in [-0.05, 0) is 49.4 Å². The number of rotatable bonds is 4. The van der Waals surface area contributed by atoms with Gasteiger partial charge in [0.2, 0.25) is 0 Å². The van der Waals surface area contributed by atoms with Crippen LogP contribution < -0.4 is 0 Å². The Balaban J connectivity index is 2.10. The number of nitrogens with one attached hydrogen (secondary N) is 1. The first kappa shape index (κ1) is 16.2. The van der Waals surface area contributed by atoms with Crippen LogP contribution in [0.25, 0.3) is 10.9 Å². The Hall–Kier alpha value is -1.62. The Kier molecular flexibility index (Phi) is 4.85. The van der Waals surface area contributed by atoms with Gasteiger partial charge in [0.15, 0.2) is 0 Å². The second-order valence-corrected chi connectivity index (χ2v) is 6.75. The number of fused-ring (bicyclic) bond motifs is 1. The van der Waals surface area contributed by atoms with E-state index in [0.717, 1.165) is 20.7 Å². The molecule has 0 aliphatic heterocycles. The van der Waals surface area contributed by atoms with Crippen LogP contribution in [-0.4, -0.2) is 17.6 Å². The Morgan fingerprint density at radius 2 is 1.83 bits per heavy atom. The molecule has 6 heteroatoms. The summed E-state index contributed by atoms with van der Waals surface area (Å²) in [4.78, 5) is 17.1. The molecule has 1 heterocycles. The normalized spacial score (nSPS) is 10.9. The van der Waals surface area contributed by atoms with Crippen molar-refractivity contribution in [3.63, 3.8) is 0 Å². The zero-order valence-corrected chi connectivity index (χ0v) is 14.6. The van der Waals surface area contributed by atoms with E-state index in [-0.39, 0.29) is 5.97 Å². The number of hydrogen-bond acceptors (Lipinski definition) is 3. The molecule has 118 valence electrons. The van der Waals surface area contributed by atoms with Gasteiger partial charge >= 0.3 is 5.97 Å². The molecule has 0 aliphatic carbocycles. The van der Waals surface area contributed by atoms with Crippen LogP contribution in [-0.2, 0) is 4.74 Å². The fourth-order valence-electron chi connectivity index (χ4n) is 2.21. The first-order valence-electron chi connectivity index (χ1n) is 7.00. The van der Waals surface area contributed by atoms with Crippen molar-refractivity contribution in [3.05, 3.63) is 58.2 Å². The minimum atomic E-state index is -0.378. The predicted molar refractivity (Wildman–Crippen MR) is 94.8 cm³/mol. The largest absolute Gasteiger partial charge is 0.461 e. The van der Waals surface area contributed by atoms with Crippen molar-refractivity contribution in [2.45, 2.75) is 16.7 Å². The highest BCUT2D eigenvalue weighted by atomic mass is 35.5. The lowest BCUT2D eigenvalue weighted by atomic mass is 10.2. The number of carbonyl (C=O) groups is 1. The van der Waals surface area contributed by atoms with E-state index < -0.39 is 0 Å². The number of carbonyl (C=O) groups excluding carboxylic acids is 1. The maximum Gasteiger partial charge on any atom is 0.355 e. The molecule has 0 amide bonds. The van der Waals surface area contributed by atoms with Crippen molar-refractivity contribution in [1.82, 2.24) is 4.98 Å². The van der Waals surface area contributed by atoms with Crippen LogP contribution in [0.3, 0.4) is 0 Å². The zero-order chi connectivity index (χ0) is 16.4. The Labute approximate surface area is 147 Å². The topological polar surface area (TPSA) is 42.1 Å². The summed E-state index contributed by atoms with van der Waals surface area (Å²) in [6.07, 6.45) is 0. The molecule has 0 radical (unpaired) electrons. The summed E-state index contributed by atoms with van der Waals surface area (Å²) in [6.45, 7) is 2.10. The molecule has 0 spiro atoms. The lowest BCUT2D eigenvalue weighted by Gasteiger charge is -2.05. The van der Waals surface area contributed by atoms with Gasteiger partial charge in [0.1, 0.15) is 5.69 Å². The molecule has 3 nitrogen and oxygen atoms in total. The van der Waals surface area contributed by atoms with Crippen LogP contribution in [0.1, 0.15) is 17.4 Å². The summed E-state index contributed by atoms with van der Waals surface area (Å²) in [5.41, 5.74) is 1.28. The number of benzene rings is 2. The first-order valence-corrected chi connectivity index (χ1v) is 8.57. The number of ether oxygens (including phenoxy) is 1.